The molecule has 0 saturated carbocycles. The third-order valence-electron chi connectivity index (χ3n) is 3.23. The first-order valence-electron chi connectivity index (χ1n) is 5.32. The molecule has 0 amide bonds. The minimum Gasteiger partial charge on any atom is -0.478 e. The number of aromatic carboxylic acids is 1. The molecule has 0 radical (unpaired) electrons. The van der Waals surface area contributed by atoms with Gasteiger partial charge in [-0.2, -0.15) is 0 Å². The first kappa shape index (κ1) is 9.27. The van der Waals surface area contributed by atoms with E-state index in [1.54, 1.807) is 6.07 Å². The average molecular weight is 216 g/mol. The van der Waals surface area contributed by atoms with Gasteiger partial charge in [0.2, 0.25) is 0 Å². The first-order valence-corrected chi connectivity index (χ1v) is 5.32. The molecule has 0 bridgehead atoms. The maximum Gasteiger partial charge on any atom is 0.338 e. The number of benzene rings is 1. The molecule has 0 fully saturated rings. The molecule has 1 aliphatic heterocycles. The molecule has 4 nitrogen and oxygen atoms in total. The highest BCUT2D eigenvalue weighted by Gasteiger charge is 2.20. The molecule has 1 aromatic heterocycles. The monoisotopic (exact) mass is 216 g/mol. The van der Waals surface area contributed by atoms with Gasteiger partial charge in [0.15, 0.2) is 0 Å². The fraction of sp³-hybridized carbons (Fsp3) is 0.250. The van der Waals surface area contributed by atoms with E-state index in [9.17, 15) is 4.79 Å². The summed E-state index contributed by atoms with van der Waals surface area (Å²) in [6.07, 6.45) is 2.16. The molecule has 82 valence electrons. The summed E-state index contributed by atoms with van der Waals surface area (Å²) < 4.78 is 2.18. The Kier molecular flexibility index (Phi) is 1.74. The van der Waals surface area contributed by atoms with Crippen LogP contribution < -0.4 is 5.73 Å². The Labute approximate surface area is 92.3 Å². The quantitative estimate of drug-likeness (QED) is 0.715. The molecule has 1 aliphatic rings. The van der Waals surface area contributed by atoms with E-state index in [1.807, 2.05) is 12.1 Å². The lowest BCUT2D eigenvalue weighted by molar-refractivity contribution is 0.0700. The normalized spacial score (nSPS) is 14.2. The Balaban J connectivity index is 2.41. The van der Waals surface area contributed by atoms with Crippen LogP contribution in [0.25, 0.3) is 10.9 Å². The van der Waals surface area contributed by atoms with Crippen molar-refractivity contribution in [1.82, 2.24) is 4.57 Å². The maximum absolute atomic E-state index is 11.2. The largest absolute Gasteiger partial charge is 0.478 e. The fourth-order valence-corrected chi connectivity index (χ4v) is 2.53. The van der Waals surface area contributed by atoms with Crippen molar-refractivity contribution in [2.24, 2.45) is 0 Å². The maximum atomic E-state index is 11.2. The summed E-state index contributed by atoms with van der Waals surface area (Å²) in [5.41, 5.74) is 8.49. The molecular weight excluding hydrogens is 204 g/mol. The number of nitrogen functional groups attached to an aromatic ring is 1. The zero-order valence-corrected chi connectivity index (χ0v) is 8.73. The molecular formula is C12H12N2O2. The SMILES string of the molecule is Nc1ccc2c(cc3n2CCC3)c1C(=O)O. The predicted octanol–water partition coefficient (Wildman–Crippen LogP) is 1.87. The first-order chi connectivity index (χ1) is 7.68. The van der Waals surface area contributed by atoms with Crippen LogP contribution in [-0.4, -0.2) is 15.6 Å². The van der Waals surface area contributed by atoms with Crippen molar-refractivity contribution in [2.75, 3.05) is 5.73 Å². The van der Waals surface area contributed by atoms with Gasteiger partial charge in [-0.05, 0) is 31.0 Å². The van der Waals surface area contributed by atoms with Crippen LogP contribution in [0.3, 0.4) is 0 Å². The summed E-state index contributed by atoms with van der Waals surface area (Å²) in [6, 6.07) is 5.55. The highest BCUT2D eigenvalue weighted by Crippen LogP contribution is 2.31. The van der Waals surface area contributed by atoms with Crippen LogP contribution in [0.5, 0.6) is 0 Å². The van der Waals surface area contributed by atoms with Gasteiger partial charge in [0, 0.05) is 28.8 Å². The van der Waals surface area contributed by atoms with Crippen LogP contribution in [0.2, 0.25) is 0 Å². The van der Waals surface area contributed by atoms with Crippen molar-refractivity contribution in [2.45, 2.75) is 19.4 Å². The van der Waals surface area contributed by atoms with Crippen molar-refractivity contribution < 1.29 is 9.90 Å². The summed E-state index contributed by atoms with van der Waals surface area (Å²) in [6.45, 7) is 0.974. The van der Waals surface area contributed by atoms with E-state index in [1.165, 1.54) is 5.69 Å². The number of nitrogens with zero attached hydrogens (tertiary/aromatic N) is 1. The number of anilines is 1. The van der Waals surface area contributed by atoms with E-state index < -0.39 is 5.97 Å². The van der Waals surface area contributed by atoms with E-state index in [4.69, 9.17) is 10.8 Å². The van der Waals surface area contributed by atoms with Gasteiger partial charge in [0.25, 0.3) is 0 Å². The Morgan fingerprint density at radius 2 is 2.25 bits per heavy atom. The third kappa shape index (κ3) is 1.07. The fourth-order valence-electron chi connectivity index (χ4n) is 2.53. The van der Waals surface area contributed by atoms with E-state index in [0.717, 1.165) is 30.3 Å². The second-order valence-corrected chi connectivity index (χ2v) is 4.16. The van der Waals surface area contributed by atoms with Crippen LogP contribution in [0.1, 0.15) is 22.5 Å². The molecule has 2 heterocycles. The average Bonchev–Trinajstić information content (AvgIpc) is 2.75. The summed E-state index contributed by atoms with van der Waals surface area (Å²) >= 11 is 0. The third-order valence-corrected chi connectivity index (χ3v) is 3.23. The van der Waals surface area contributed by atoms with Crippen molar-refractivity contribution in [3.05, 3.63) is 29.5 Å². The molecule has 0 saturated heterocycles. The van der Waals surface area contributed by atoms with Gasteiger partial charge in [-0.15, -0.1) is 0 Å². The molecule has 3 rings (SSSR count). The van der Waals surface area contributed by atoms with Crippen LogP contribution in [-0.2, 0) is 13.0 Å². The second-order valence-electron chi connectivity index (χ2n) is 4.16. The number of aryl methyl sites for hydroxylation is 2. The van der Waals surface area contributed by atoms with Gasteiger partial charge in [-0.3, -0.25) is 0 Å². The molecule has 0 unspecified atom stereocenters. The van der Waals surface area contributed by atoms with Crippen molar-refractivity contribution in [3.8, 4) is 0 Å². The number of carboxylic acid groups (broad SMARTS) is 1. The smallest absolute Gasteiger partial charge is 0.338 e. The molecule has 16 heavy (non-hydrogen) atoms. The molecule has 2 aromatic rings. The van der Waals surface area contributed by atoms with Gasteiger partial charge in [0.05, 0.1) is 5.56 Å². The number of hydrogen-bond donors (Lipinski definition) is 2. The number of nitrogens with two attached hydrogens (primary N) is 1. The number of fused-ring (bicyclic) bond motifs is 3. The van der Waals surface area contributed by atoms with Crippen LogP contribution in [0, 0.1) is 0 Å². The summed E-state index contributed by atoms with van der Waals surface area (Å²) in [4.78, 5) is 11.2. The molecule has 0 aliphatic carbocycles. The van der Waals surface area contributed by atoms with Crippen molar-refractivity contribution in [3.63, 3.8) is 0 Å². The van der Waals surface area contributed by atoms with Gasteiger partial charge in [-0.25, -0.2) is 4.79 Å². The molecule has 0 spiro atoms. The zero-order chi connectivity index (χ0) is 11.3. The minimum atomic E-state index is -0.952. The number of rotatable bonds is 1. The second kappa shape index (κ2) is 3.01. The van der Waals surface area contributed by atoms with Gasteiger partial charge in [-0.1, -0.05) is 0 Å². The molecule has 0 atom stereocenters. The summed E-state index contributed by atoms with van der Waals surface area (Å²) in [5.74, 6) is -0.952. The highest BCUT2D eigenvalue weighted by atomic mass is 16.4. The number of hydrogen-bond acceptors (Lipinski definition) is 2. The lowest BCUT2D eigenvalue weighted by Crippen LogP contribution is -2.03. The number of aromatic nitrogens is 1. The Hall–Kier alpha value is -1.97. The topological polar surface area (TPSA) is 68.2 Å². The van der Waals surface area contributed by atoms with Gasteiger partial charge >= 0.3 is 5.97 Å². The van der Waals surface area contributed by atoms with E-state index >= 15 is 0 Å². The zero-order valence-electron chi connectivity index (χ0n) is 8.73. The van der Waals surface area contributed by atoms with Crippen LogP contribution in [0.4, 0.5) is 5.69 Å². The van der Waals surface area contributed by atoms with E-state index in [-0.39, 0.29) is 5.56 Å². The molecule has 3 N–H and O–H groups in total. The standard InChI is InChI=1S/C12H12N2O2/c13-9-3-4-10-8(11(9)12(15)16)6-7-2-1-5-14(7)10/h3-4,6H,1-2,5,13H2,(H,15,16). The number of carbonyl (C=O) groups is 1. The number of carboxylic acids is 1. The van der Waals surface area contributed by atoms with Crippen molar-refractivity contribution >= 4 is 22.6 Å². The molecule has 1 aromatic carbocycles. The van der Waals surface area contributed by atoms with Gasteiger partial charge in [0.1, 0.15) is 0 Å². The molecule has 4 heteroatoms. The summed E-state index contributed by atoms with van der Waals surface area (Å²) in [5, 5.41) is 9.93. The lowest BCUT2D eigenvalue weighted by atomic mass is 10.1. The van der Waals surface area contributed by atoms with Crippen molar-refractivity contribution in [1.29, 1.82) is 0 Å². The Morgan fingerprint density at radius 1 is 1.44 bits per heavy atom. The lowest BCUT2D eigenvalue weighted by Gasteiger charge is -2.04. The minimum absolute atomic E-state index is 0.236. The van der Waals surface area contributed by atoms with Crippen LogP contribution >= 0.6 is 0 Å². The predicted molar refractivity (Wildman–Crippen MR) is 61.6 cm³/mol. The Bertz CT molecular complexity index is 599. The van der Waals surface area contributed by atoms with E-state index in [0.29, 0.717) is 5.69 Å². The van der Waals surface area contributed by atoms with E-state index in [2.05, 4.69) is 4.57 Å². The Morgan fingerprint density at radius 3 is 3.00 bits per heavy atom. The highest BCUT2D eigenvalue weighted by molar-refractivity contribution is 6.08. The summed E-state index contributed by atoms with van der Waals surface area (Å²) in [7, 11) is 0. The van der Waals surface area contributed by atoms with Gasteiger partial charge < -0.3 is 15.4 Å². The van der Waals surface area contributed by atoms with Crippen LogP contribution in [0.15, 0.2) is 18.2 Å².